The van der Waals surface area contributed by atoms with Crippen molar-refractivity contribution >= 4 is 17.4 Å². The molecule has 2 rings (SSSR count). The molecule has 2 aromatic rings. The SMILES string of the molecule is Cc1nn(C)c(Cl)c1CC(=O)c1ccncc1. The molecule has 2 aromatic heterocycles. The molecule has 0 aliphatic carbocycles. The van der Waals surface area contributed by atoms with E-state index in [9.17, 15) is 4.79 Å². The number of ketones is 1. The van der Waals surface area contributed by atoms with Gasteiger partial charge in [-0.1, -0.05) is 11.6 Å². The largest absolute Gasteiger partial charge is 0.294 e. The fraction of sp³-hybridized carbons (Fsp3) is 0.250. The van der Waals surface area contributed by atoms with Crippen molar-refractivity contribution in [2.75, 3.05) is 0 Å². The number of carbonyl (C=O) groups excluding carboxylic acids is 1. The molecule has 0 spiro atoms. The number of aryl methyl sites for hydroxylation is 2. The van der Waals surface area contributed by atoms with Crippen molar-refractivity contribution in [3.05, 3.63) is 46.5 Å². The van der Waals surface area contributed by atoms with Gasteiger partial charge in [0.05, 0.1) is 5.69 Å². The van der Waals surface area contributed by atoms with Gasteiger partial charge in [-0.15, -0.1) is 0 Å². The zero-order valence-corrected chi connectivity index (χ0v) is 10.4. The predicted molar refractivity (Wildman–Crippen MR) is 65.2 cm³/mol. The zero-order chi connectivity index (χ0) is 12.4. The summed E-state index contributed by atoms with van der Waals surface area (Å²) in [6.45, 7) is 1.85. The third-order valence-corrected chi connectivity index (χ3v) is 3.08. The van der Waals surface area contributed by atoms with Crippen molar-refractivity contribution < 1.29 is 4.79 Å². The van der Waals surface area contributed by atoms with E-state index in [4.69, 9.17) is 11.6 Å². The van der Waals surface area contributed by atoms with Crippen molar-refractivity contribution in [2.24, 2.45) is 7.05 Å². The highest BCUT2D eigenvalue weighted by Gasteiger charge is 2.15. The molecule has 17 heavy (non-hydrogen) atoms. The van der Waals surface area contributed by atoms with Crippen LogP contribution in [-0.2, 0) is 13.5 Å². The van der Waals surface area contributed by atoms with Crippen LogP contribution >= 0.6 is 11.6 Å². The molecule has 0 amide bonds. The van der Waals surface area contributed by atoms with E-state index in [1.165, 1.54) is 0 Å². The molecular formula is C12H12ClN3O. The summed E-state index contributed by atoms with van der Waals surface area (Å²) in [4.78, 5) is 15.9. The number of carbonyl (C=O) groups is 1. The number of nitrogens with zero attached hydrogens (tertiary/aromatic N) is 3. The third-order valence-electron chi connectivity index (χ3n) is 2.61. The Balaban J connectivity index is 2.25. The van der Waals surface area contributed by atoms with Crippen LogP contribution in [0, 0.1) is 6.92 Å². The zero-order valence-electron chi connectivity index (χ0n) is 9.64. The van der Waals surface area contributed by atoms with E-state index in [1.54, 1.807) is 36.3 Å². The van der Waals surface area contributed by atoms with Gasteiger partial charge < -0.3 is 0 Å². The Bertz CT molecular complexity index is 548. The van der Waals surface area contributed by atoms with Crippen molar-refractivity contribution in [3.8, 4) is 0 Å². The molecule has 0 N–H and O–H groups in total. The van der Waals surface area contributed by atoms with Gasteiger partial charge >= 0.3 is 0 Å². The maximum atomic E-state index is 12.0. The van der Waals surface area contributed by atoms with Crippen molar-refractivity contribution in [1.29, 1.82) is 0 Å². The molecular weight excluding hydrogens is 238 g/mol. The Kier molecular flexibility index (Phi) is 3.24. The summed E-state index contributed by atoms with van der Waals surface area (Å²) in [5.41, 5.74) is 2.22. The second-order valence-electron chi connectivity index (χ2n) is 3.81. The molecule has 88 valence electrons. The van der Waals surface area contributed by atoms with E-state index < -0.39 is 0 Å². The van der Waals surface area contributed by atoms with Crippen LogP contribution in [0.15, 0.2) is 24.5 Å². The first kappa shape index (κ1) is 11.8. The molecule has 0 saturated heterocycles. The van der Waals surface area contributed by atoms with E-state index in [2.05, 4.69) is 10.1 Å². The Hall–Kier alpha value is -1.68. The predicted octanol–water partition coefficient (Wildman–Crippen LogP) is 2.20. The molecule has 0 unspecified atom stereocenters. The first-order valence-corrected chi connectivity index (χ1v) is 5.58. The van der Waals surface area contributed by atoms with E-state index >= 15 is 0 Å². The molecule has 0 aliphatic heterocycles. The number of aromatic nitrogens is 3. The minimum atomic E-state index is 0.0189. The number of pyridine rings is 1. The first-order valence-electron chi connectivity index (χ1n) is 5.21. The standard InChI is InChI=1S/C12H12ClN3O/c1-8-10(12(13)16(2)15-8)7-11(17)9-3-5-14-6-4-9/h3-6H,7H2,1-2H3. The highest BCUT2D eigenvalue weighted by Crippen LogP contribution is 2.20. The Labute approximate surface area is 104 Å². The topological polar surface area (TPSA) is 47.8 Å². The quantitative estimate of drug-likeness (QED) is 0.784. The van der Waals surface area contributed by atoms with Crippen LogP contribution in [-0.4, -0.2) is 20.5 Å². The van der Waals surface area contributed by atoms with Crippen LogP contribution < -0.4 is 0 Å². The normalized spacial score (nSPS) is 10.5. The molecule has 0 atom stereocenters. The summed E-state index contributed by atoms with van der Waals surface area (Å²) in [6.07, 6.45) is 3.47. The number of halogens is 1. The summed E-state index contributed by atoms with van der Waals surface area (Å²) in [5.74, 6) is 0.0189. The Morgan fingerprint density at radius 2 is 2.06 bits per heavy atom. The van der Waals surface area contributed by atoms with Crippen molar-refractivity contribution in [1.82, 2.24) is 14.8 Å². The van der Waals surface area contributed by atoms with Gasteiger partial charge in [-0.2, -0.15) is 5.10 Å². The summed E-state index contributed by atoms with van der Waals surface area (Å²) >= 11 is 6.08. The maximum Gasteiger partial charge on any atom is 0.167 e. The molecule has 2 heterocycles. The lowest BCUT2D eigenvalue weighted by Crippen LogP contribution is -2.04. The molecule has 4 nitrogen and oxygen atoms in total. The van der Waals surface area contributed by atoms with Crippen LogP contribution in [0.3, 0.4) is 0 Å². The smallest absolute Gasteiger partial charge is 0.167 e. The Morgan fingerprint density at radius 3 is 2.59 bits per heavy atom. The average Bonchev–Trinajstić information content (AvgIpc) is 2.57. The molecule has 0 aromatic carbocycles. The van der Waals surface area contributed by atoms with Gasteiger partial charge in [-0.3, -0.25) is 14.5 Å². The van der Waals surface area contributed by atoms with Gasteiger partial charge in [0.2, 0.25) is 0 Å². The summed E-state index contributed by atoms with van der Waals surface area (Å²) in [5, 5.41) is 4.70. The summed E-state index contributed by atoms with van der Waals surface area (Å²) in [7, 11) is 1.76. The van der Waals surface area contributed by atoms with E-state index in [0.29, 0.717) is 10.7 Å². The Morgan fingerprint density at radius 1 is 1.41 bits per heavy atom. The number of Topliss-reactive ketones (excluding diaryl/α,β-unsaturated/α-hetero) is 1. The van der Waals surface area contributed by atoms with Gasteiger partial charge in [0, 0.05) is 37.0 Å². The highest BCUT2D eigenvalue weighted by molar-refractivity contribution is 6.30. The van der Waals surface area contributed by atoms with Crippen LogP contribution in [0.1, 0.15) is 21.6 Å². The molecule has 0 fully saturated rings. The minimum Gasteiger partial charge on any atom is -0.294 e. The fourth-order valence-electron chi connectivity index (χ4n) is 1.68. The lowest BCUT2D eigenvalue weighted by molar-refractivity contribution is 0.0992. The van der Waals surface area contributed by atoms with Crippen molar-refractivity contribution in [3.63, 3.8) is 0 Å². The van der Waals surface area contributed by atoms with Gasteiger partial charge in [-0.05, 0) is 19.1 Å². The van der Waals surface area contributed by atoms with Gasteiger partial charge in [0.1, 0.15) is 5.15 Å². The third kappa shape index (κ3) is 2.36. The molecule has 0 bridgehead atoms. The number of hydrogen-bond acceptors (Lipinski definition) is 3. The van der Waals surface area contributed by atoms with Crippen molar-refractivity contribution in [2.45, 2.75) is 13.3 Å². The molecule has 0 saturated carbocycles. The minimum absolute atomic E-state index is 0.0189. The molecule has 0 radical (unpaired) electrons. The lowest BCUT2D eigenvalue weighted by Gasteiger charge is -2.00. The van der Waals surface area contributed by atoms with E-state index in [1.807, 2.05) is 6.92 Å². The second-order valence-corrected chi connectivity index (χ2v) is 4.17. The van der Waals surface area contributed by atoms with E-state index in [0.717, 1.165) is 11.3 Å². The number of hydrogen-bond donors (Lipinski definition) is 0. The average molecular weight is 250 g/mol. The van der Waals surface area contributed by atoms with Gasteiger partial charge in [0.15, 0.2) is 5.78 Å². The first-order chi connectivity index (χ1) is 8.09. The van der Waals surface area contributed by atoms with Crippen LogP contribution in [0.5, 0.6) is 0 Å². The van der Waals surface area contributed by atoms with Crippen LogP contribution in [0.25, 0.3) is 0 Å². The van der Waals surface area contributed by atoms with Crippen LogP contribution in [0.2, 0.25) is 5.15 Å². The second kappa shape index (κ2) is 4.67. The monoisotopic (exact) mass is 249 g/mol. The molecule has 0 aliphatic rings. The molecule has 5 heteroatoms. The van der Waals surface area contributed by atoms with Gasteiger partial charge in [0.25, 0.3) is 0 Å². The summed E-state index contributed by atoms with van der Waals surface area (Å²) < 4.78 is 1.58. The maximum absolute atomic E-state index is 12.0. The summed E-state index contributed by atoms with van der Waals surface area (Å²) in [6, 6.07) is 3.39. The lowest BCUT2D eigenvalue weighted by atomic mass is 10.1. The number of rotatable bonds is 3. The van der Waals surface area contributed by atoms with Gasteiger partial charge in [-0.25, -0.2) is 0 Å². The fourth-order valence-corrected chi connectivity index (χ4v) is 1.92. The van der Waals surface area contributed by atoms with Crippen LogP contribution in [0.4, 0.5) is 0 Å². The van der Waals surface area contributed by atoms with E-state index in [-0.39, 0.29) is 12.2 Å². The highest BCUT2D eigenvalue weighted by atomic mass is 35.5.